The van der Waals surface area contributed by atoms with E-state index in [1.807, 2.05) is 34.6 Å². The first-order valence-corrected chi connectivity index (χ1v) is 10.4. The van der Waals surface area contributed by atoms with E-state index in [4.69, 9.17) is 9.47 Å². The predicted octanol–water partition coefficient (Wildman–Crippen LogP) is 5.02. The first kappa shape index (κ1) is 23.6. The van der Waals surface area contributed by atoms with E-state index in [-0.39, 0.29) is 18.7 Å². The zero-order chi connectivity index (χ0) is 20.3. The van der Waals surface area contributed by atoms with Crippen molar-refractivity contribution >= 4 is 5.97 Å². The molecule has 1 aliphatic carbocycles. The Labute approximate surface area is 165 Å². The Morgan fingerprint density at radius 1 is 1.11 bits per heavy atom. The topological polar surface area (TPSA) is 55.8 Å². The number of hydrogen-bond acceptors (Lipinski definition) is 4. The zero-order valence-electron chi connectivity index (χ0n) is 17.8. The summed E-state index contributed by atoms with van der Waals surface area (Å²) in [5.41, 5.74) is 2.04. The number of rotatable bonds is 6. The third kappa shape index (κ3) is 9.92. The van der Waals surface area contributed by atoms with Crippen LogP contribution < -0.4 is 0 Å². The van der Waals surface area contributed by atoms with Crippen molar-refractivity contribution in [3.05, 3.63) is 35.4 Å². The van der Waals surface area contributed by atoms with E-state index in [9.17, 15) is 9.90 Å². The summed E-state index contributed by atoms with van der Waals surface area (Å²) in [5, 5.41) is 9.98. The van der Waals surface area contributed by atoms with E-state index in [1.165, 1.54) is 17.5 Å². The molecule has 0 radical (unpaired) electrons. The number of aliphatic hydroxyl groups excluding tert-OH is 1. The monoisotopic (exact) mass is 378 g/mol. The van der Waals surface area contributed by atoms with Gasteiger partial charge in [0.15, 0.2) is 0 Å². The van der Waals surface area contributed by atoms with Crippen LogP contribution in [-0.4, -0.2) is 36.0 Å². The van der Waals surface area contributed by atoms with Crippen LogP contribution in [0.5, 0.6) is 0 Å². The van der Waals surface area contributed by atoms with Gasteiger partial charge in [0.05, 0.1) is 12.7 Å². The second kappa shape index (κ2) is 12.1. The largest absolute Gasteiger partial charge is 0.458 e. The molecule has 0 amide bonds. The molecule has 0 heterocycles. The number of aliphatic hydroxyl groups is 1. The Bertz CT molecular complexity index is 530. The van der Waals surface area contributed by atoms with Crippen LogP contribution >= 0.6 is 0 Å². The van der Waals surface area contributed by atoms with Crippen LogP contribution in [0.1, 0.15) is 83.8 Å². The normalized spacial score (nSPS) is 20.2. The summed E-state index contributed by atoms with van der Waals surface area (Å²) in [6.07, 6.45) is 5.91. The van der Waals surface area contributed by atoms with Crippen LogP contribution in [0.25, 0.3) is 0 Å². The molecule has 1 fully saturated rings. The fraction of sp³-hybridized carbons (Fsp3) is 0.696. The van der Waals surface area contributed by atoms with Gasteiger partial charge in [-0.25, -0.2) is 4.79 Å². The molecule has 2 rings (SSSR count). The lowest BCUT2D eigenvalue weighted by Crippen LogP contribution is -2.26. The summed E-state index contributed by atoms with van der Waals surface area (Å²) in [6, 6.07) is 8.60. The lowest BCUT2D eigenvalue weighted by molar-refractivity contribution is -0.160. The Morgan fingerprint density at radius 2 is 1.74 bits per heavy atom. The average Bonchev–Trinajstić information content (AvgIpc) is 2.84. The van der Waals surface area contributed by atoms with Gasteiger partial charge in [-0.2, -0.15) is 0 Å². The van der Waals surface area contributed by atoms with Crippen molar-refractivity contribution in [3.8, 4) is 0 Å². The van der Waals surface area contributed by atoms with Gasteiger partial charge >= 0.3 is 5.97 Å². The molecule has 2 unspecified atom stereocenters. The second-order valence-electron chi connectivity index (χ2n) is 8.00. The fourth-order valence-electron chi connectivity index (χ4n) is 3.31. The molecule has 0 aromatic heterocycles. The number of esters is 1. The minimum Gasteiger partial charge on any atom is -0.458 e. The van der Waals surface area contributed by atoms with Gasteiger partial charge in [-0.1, -0.05) is 51.0 Å². The van der Waals surface area contributed by atoms with E-state index in [2.05, 4.69) is 24.3 Å². The summed E-state index contributed by atoms with van der Waals surface area (Å²) in [6.45, 7) is 10.0. The molecular formula is C23H38O4. The lowest BCUT2D eigenvalue weighted by Gasteiger charge is -2.19. The van der Waals surface area contributed by atoms with Gasteiger partial charge in [-0.15, -0.1) is 0 Å². The molecule has 0 aliphatic heterocycles. The molecule has 1 aromatic rings. The summed E-state index contributed by atoms with van der Waals surface area (Å²) in [7, 11) is 0. The quantitative estimate of drug-likeness (QED) is 0.429. The first-order chi connectivity index (χ1) is 12.8. The van der Waals surface area contributed by atoms with Gasteiger partial charge in [-0.05, 0) is 63.5 Å². The maximum Gasteiger partial charge on any atom is 0.332 e. The average molecular weight is 379 g/mol. The van der Waals surface area contributed by atoms with Crippen molar-refractivity contribution in [2.75, 3.05) is 13.2 Å². The minimum atomic E-state index is -0.470. The summed E-state index contributed by atoms with van der Waals surface area (Å²) >= 11 is 0. The second-order valence-corrected chi connectivity index (χ2v) is 8.00. The molecule has 4 nitrogen and oxygen atoms in total. The van der Waals surface area contributed by atoms with Crippen LogP contribution in [-0.2, 0) is 20.7 Å². The Balaban J connectivity index is 0.00000176. The van der Waals surface area contributed by atoms with Crippen molar-refractivity contribution in [3.63, 3.8) is 0 Å². The molecule has 2 atom stereocenters. The molecule has 1 N–H and O–H groups in total. The van der Waals surface area contributed by atoms with E-state index < -0.39 is 5.60 Å². The Kier molecular flexibility index (Phi) is 10.6. The van der Waals surface area contributed by atoms with Gasteiger partial charge in [0.2, 0.25) is 0 Å². The van der Waals surface area contributed by atoms with Crippen LogP contribution in [0, 0.1) is 0 Å². The molecule has 1 saturated carbocycles. The van der Waals surface area contributed by atoms with Crippen molar-refractivity contribution in [1.29, 1.82) is 0 Å². The highest BCUT2D eigenvalue weighted by Crippen LogP contribution is 2.31. The minimum absolute atomic E-state index is 0.00465. The van der Waals surface area contributed by atoms with Crippen molar-refractivity contribution in [1.82, 2.24) is 0 Å². The number of ether oxygens (including phenoxy) is 2. The molecule has 154 valence electrons. The highest BCUT2D eigenvalue weighted by atomic mass is 16.6. The Hall–Kier alpha value is -1.39. The number of benzene rings is 1. The first-order valence-electron chi connectivity index (χ1n) is 10.4. The number of hydrogen-bond donors (Lipinski definition) is 1. The SMILES string of the molecule is CC.CC(C)(C)OC(=O)COCCc1ccc(C2CCCCC(O)C2)cc1. The molecule has 0 saturated heterocycles. The van der Waals surface area contributed by atoms with E-state index in [0.717, 1.165) is 32.1 Å². The highest BCUT2D eigenvalue weighted by molar-refractivity contribution is 5.71. The fourth-order valence-corrected chi connectivity index (χ4v) is 3.31. The van der Waals surface area contributed by atoms with Gasteiger partial charge < -0.3 is 14.6 Å². The maximum absolute atomic E-state index is 11.6. The molecule has 1 aromatic carbocycles. The maximum atomic E-state index is 11.6. The van der Waals surface area contributed by atoms with Crippen LogP contribution in [0.4, 0.5) is 0 Å². The van der Waals surface area contributed by atoms with E-state index >= 15 is 0 Å². The highest BCUT2D eigenvalue weighted by Gasteiger charge is 2.20. The molecular weight excluding hydrogens is 340 g/mol. The van der Waals surface area contributed by atoms with Crippen LogP contribution in [0.15, 0.2) is 24.3 Å². The van der Waals surface area contributed by atoms with Crippen LogP contribution in [0.3, 0.4) is 0 Å². The van der Waals surface area contributed by atoms with Gasteiger partial charge in [0.25, 0.3) is 0 Å². The molecule has 27 heavy (non-hydrogen) atoms. The lowest BCUT2D eigenvalue weighted by atomic mass is 9.90. The molecule has 0 bridgehead atoms. The van der Waals surface area contributed by atoms with Gasteiger partial charge in [0, 0.05) is 0 Å². The summed E-state index contributed by atoms with van der Waals surface area (Å²) in [5.74, 6) is 0.143. The smallest absolute Gasteiger partial charge is 0.332 e. The van der Waals surface area contributed by atoms with Gasteiger partial charge in [0.1, 0.15) is 12.2 Å². The summed E-state index contributed by atoms with van der Waals surface area (Å²) < 4.78 is 10.6. The molecule has 0 spiro atoms. The molecule has 1 aliphatic rings. The molecule has 4 heteroatoms. The van der Waals surface area contributed by atoms with Crippen molar-refractivity contribution in [2.45, 2.75) is 90.8 Å². The number of carbonyl (C=O) groups excluding carboxylic acids is 1. The zero-order valence-corrected chi connectivity index (χ0v) is 17.8. The number of carbonyl (C=O) groups is 1. The standard InChI is InChI=1S/C21H32O4.C2H6/c1-21(2,3)25-20(23)15-24-13-12-16-8-10-17(11-9-16)18-6-4-5-7-19(22)14-18;1-2/h8-11,18-19,22H,4-7,12-15H2,1-3H3;1-2H3. The van der Waals surface area contributed by atoms with Gasteiger partial charge in [-0.3, -0.25) is 0 Å². The predicted molar refractivity (Wildman–Crippen MR) is 110 cm³/mol. The van der Waals surface area contributed by atoms with Crippen molar-refractivity contribution < 1.29 is 19.4 Å². The summed E-state index contributed by atoms with van der Waals surface area (Å²) in [4.78, 5) is 11.6. The third-order valence-electron chi connectivity index (χ3n) is 4.52. The third-order valence-corrected chi connectivity index (χ3v) is 4.52. The van der Waals surface area contributed by atoms with Crippen molar-refractivity contribution in [2.24, 2.45) is 0 Å². The van der Waals surface area contributed by atoms with E-state index in [1.54, 1.807) is 0 Å². The Morgan fingerprint density at radius 3 is 2.37 bits per heavy atom. The van der Waals surface area contributed by atoms with E-state index in [0.29, 0.717) is 12.5 Å². The van der Waals surface area contributed by atoms with Crippen LogP contribution in [0.2, 0.25) is 0 Å².